The number of hydrogen-bond donors (Lipinski definition) is 1. The van der Waals surface area contributed by atoms with Gasteiger partial charge in [0.25, 0.3) is 0 Å². The summed E-state index contributed by atoms with van der Waals surface area (Å²) in [7, 11) is -3.26. The predicted molar refractivity (Wildman–Crippen MR) is 73.5 cm³/mol. The average Bonchev–Trinajstić information content (AvgIpc) is 2.80. The lowest BCUT2D eigenvalue weighted by atomic mass is 9.90. The zero-order valence-electron chi connectivity index (χ0n) is 12.0. The maximum atomic E-state index is 12.7. The summed E-state index contributed by atoms with van der Waals surface area (Å²) in [4.78, 5) is 0. The molecule has 2 N–H and O–H groups in total. The molecule has 1 aliphatic heterocycles. The number of nitrogens with two attached hydrogens (primary N) is 1. The number of sulfone groups is 1. The molecule has 1 heterocycles. The Bertz CT molecular complexity index is 414. The van der Waals surface area contributed by atoms with Crippen LogP contribution < -0.4 is 5.73 Å². The van der Waals surface area contributed by atoms with E-state index in [0.29, 0.717) is 32.5 Å². The molecule has 2 fully saturated rings. The van der Waals surface area contributed by atoms with Gasteiger partial charge in [0.2, 0.25) is 0 Å². The van der Waals surface area contributed by atoms with Crippen LogP contribution in [0.2, 0.25) is 0 Å². The molecule has 1 saturated heterocycles. The Labute approximate surface area is 115 Å². The fourth-order valence-corrected chi connectivity index (χ4v) is 5.33. The standard InChI is InChI=1S/C13H25NO4S/c1-9(2)10(3)19(15,16)12-8-13(5-4-11(12)14)17-6-7-18-13/h9-12H,4-8,14H2,1-3H3. The van der Waals surface area contributed by atoms with Crippen LogP contribution in [0.25, 0.3) is 0 Å². The quantitative estimate of drug-likeness (QED) is 0.841. The molecule has 0 amide bonds. The van der Waals surface area contributed by atoms with Crippen molar-refractivity contribution in [1.29, 1.82) is 0 Å². The van der Waals surface area contributed by atoms with Crippen LogP contribution in [-0.2, 0) is 19.3 Å². The maximum Gasteiger partial charge on any atom is 0.169 e. The minimum atomic E-state index is -3.26. The molecule has 6 heteroatoms. The van der Waals surface area contributed by atoms with E-state index >= 15 is 0 Å². The lowest BCUT2D eigenvalue weighted by Gasteiger charge is -2.40. The number of rotatable bonds is 3. The molecule has 5 nitrogen and oxygen atoms in total. The van der Waals surface area contributed by atoms with E-state index in [1.165, 1.54) is 0 Å². The second-order valence-electron chi connectivity index (χ2n) is 6.09. The average molecular weight is 291 g/mol. The van der Waals surface area contributed by atoms with Gasteiger partial charge in [-0.1, -0.05) is 13.8 Å². The van der Waals surface area contributed by atoms with Gasteiger partial charge in [0.1, 0.15) is 0 Å². The lowest BCUT2D eigenvalue weighted by Crippen LogP contribution is -2.54. The number of hydrogen-bond acceptors (Lipinski definition) is 5. The van der Waals surface area contributed by atoms with Gasteiger partial charge in [-0.3, -0.25) is 0 Å². The predicted octanol–water partition coefficient (Wildman–Crippen LogP) is 1.07. The van der Waals surface area contributed by atoms with Crippen molar-refractivity contribution < 1.29 is 17.9 Å². The van der Waals surface area contributed by atoms with Gasteiger partial charge in [-0.2, -0.15) is 0 Å². The molecule has 0 aromatic heterocycles. The minimum absolute atomic E-state index is 0.0838. The van der Waals surface area contributed by atoms with E-state index < -0.39 is 20.9 Å². The van der Waals surface area contributed by atoms with Crippen LogP contribution in [-0.4, -0.2) is 44.0 Å². The van der Waals surface area contributed by atoms with E-state index in [0.717, 1.165) is 0 Å². The molecule has 1 aliphatic carbocycles. The highest BCUT2D eigenvalue weighted by Gasteiger charge is 2.49. The summed E-state index contributed by atoms with van der Waals surface area (Å²) in [5.41, 5.74) is 6.06. The van der Waals surface area contributed by atoms with Crippen LogP contribution in [0.1, 0.15) is 40.0 Å². The van der Waals surface area contributed by atoms with Crippen molar-refractivity contribution in [2.24, 2.45) is 11.7 Å². The Kier molecular flexibility index (Phi) is 4.26. The van der Waals surface area contributed by atoms with E-state index in [9.17, 15) is 8.42 Å². The van der Waals surface area contributed by atoms with Gasteiger partial charge in [-0.25, -0.2) is 8.42 Å². The Morgan fingerprint density at radius 2 is 1.79 bits per heavy atom. The van der Waals surface area contributed by atoms with Crippen LogP contribution in [0.4, 0.5) is 0 Å². The van der Waals surface area contributed by atoms with Crippen molar-refractivity contribution in [1.82, 2.24) is 0 Å². The van der Waals surface area contributed by atoms with Crippen molar-refractivity contribution in [2.45, 2.75) is 62.4 Å². The van der Waals surface area contributed by atoms with Crippen molar-refractivity contribution >= 4 is 9.84 Å². The van der Waals surface area contributed by atoms with Crippen molar-refractivity contribution in [3.63, 3.8) is 0 Å². The van der Waals surface area contributed by atoms with E-state index in [2.05, 4.69) is 0 Å². The van der Waals surface area contributed by atoms with Crippen LogP contribution >= 0.6 is 0 Å². The van der Waals surface area contributed by atoms with Crippen molar-refractivity contribution in [3.05, 3.63) is 0 Å². The molecular formula is C13H25NO4S. The molecular weight excluding hydrogens is 266 g/mol. The van der Waals surface area contributed by atoms with Gasteiger partial charge in [0.05, 0.1) is 23.7 Å². The molecule has 19 heavy (non-hydrogen) atoms. The molecule has 1 spiro atoms. The van der Waals surface area contributed by atoms with Crippen molar-refractivity contribution in [2.75, 3.05) is 13.2 Å². The molecule has 0 aromatic carbocycles. The summed E-state index contributed by atoms with van der Waals surface area (Å²) in [6.07, 6.45) is 1.69. The normalized spacial score (nSPS) is 32.9. The number of ether oxygens (including phenoxy) is 2. The highest BCUT2D eigenvalue weighted by Crippen LogP contribution is 2.39. The Hall–Kier alpha value is -0.170. The third-order valence-corrected chi connectivity index (χ3v) is 7.48. The maximum absolute atomic E-state index is 12.7. The summed E-state index contributed by atoms with van der Waals surface area (Å²) in [6, 6.07) is -0.315. The summed E-state index contributed by atoms with van der Waals surface area (Å²) >= 11 is 0. The van der Waals surface area contributed by atoms with Crippen LogP contribution in [0.15, 0.2) is 0 Å². The molecule has 0 bridgehead atoms. The molecule has 2 rings (SSSR count). The van der Waals surface area contributed by atoms with Gasteiger partial charge in [-0.15, -0.1) is 0 Å². The van der Waals surface area contributed by atoms with Gasteiger partial charge < -0.3 is 15.2 Å². The first-order valence-electron chi connectivity index (χ1n) is 7.05. The van der Waals surface area contributed by atoms with Gasteiger partial charge in [0, 0.05) is 18.9 Å². The zero-order chi connectivity index (χ0) is 14.3. The molecule has 3 atom stereocenters. The smallest absolute Gasteiger partial charge is 0.169 e. The third kappa shape index (κ3) is 2.82. The zero-order valence-corrected chi connectivity index (χ0v) is 12.8. The van der Waals surface area contributed by atoms with Crippen LogP contribution in [0.3, 0.4) is 0 Å². The Morgan fingerprint density at radius 1 is 1.21 bits per heavy atom. The molecule has 0 radical (unpaired) electrons. The van der Waals surface area contributed by atoms with E-state index in [4.69, 9.17) is 15.2 Å². The van der Waals surface area contributed by atoms with E-state index in [-0.39, 0.29) is 17.2 Å². The Morgan fingerprint density at radius 3 is 2.32 bits per heavy atom. The summed E-state index contributed by atoms with van der Waals surface area (Å²) in [5.74, 6) is -0.620. The van der Waals surface area contributed by atoms with Crippen LogP contribution in [0, 0.1) is 5.92 Å². The molecule has 0 aromatic rings. The summed E-state index contributed by atoms with van der Waals surface area (Å²) in [5, 5.41) is -0.947. The minimum Gasteiger partial charge on any atom is -0.347 e. The largest absolute Gasteiger partial charge is 0.347 e. The van der Waals surface area contributed by atoms with Gasteiger partial charge in [0.15, 0.2) is 15.6 Å². The highest BCUT2D eigenvalue weighted by molar-refractivity contribution is 7.92. The topological polar surface area (TPSA) is 78.6 Å². The highest BCUT2D eigenvalue weighted by atomic mass is 32.2. The SMILES string of the molecule is CC(C)C(C)S(=O)(=O)C1CC2(CCC1N)OCCO2. The van der Waals surface area contributed by atoms with Gasteiger partial charge in [-0.05, 0) is 19.3 Å². The molecule has 1 saturated carbocycles. The monoisotopic (exact) mass is 291 g/mol. The molecule has 112 valence electrons. The second-order valence-corrected chi connectivity index (χ2v) is 8.62. The fourth-order valence-electron chi connectivity index (χ4n) is 2.91. The van der Waals surface area contributed by atoms with Gasteiger partial charge >= 0.3 is 0 Å². The van der Waals surface area contributed by atoms with Crippen molar-refractivity contribution in [3.8, 4) is 0 Å². The molecule has 2 aliphatic rings. The first kappa shape index (κ1) is 15.2. The van der Waals surface area contributed by atoms with E-state index in [1.54, 1.807) is 6.92 Å². The Balaban J connectivity index is 2.21. The first-order valence-corrected chi connectivity index (χ1v) is 8.66. The summed E-state index contributed by atoms with van der Waals surface area (Å²) in [6.45, 7) is 6.71. The fraction of sp³-hybridized carbons (Fsp3) is 1.00. The van der Waals surface area contributed by atoms with E-state index in [1.807, 2.05) is 13.8 Å². The second kappa shape index (κ2) is 5.31. The third-order valence-electron chi connectivity index (χ3n) is 4.54. The molecule has 3 unspecified atom stereocenters. The lowest BCUT2D eigenvalue weighted by molar-refractivity contribution is -0.177. The first-order chi connectivity index (χ1) is 8.78. The van der Waals surface area contributed by atoms with Crippen LogP contribution in [0.5, 0.6) is 0 Å². The summed E-state index contributed by atoms with van der Waals surface area (Å²) < 4.78 is 36.7.